The van der Waals surface area contributed by atoms with Gasteiger partial charge in [-0.2, -0.15) is 0 Å². The van der Waals surface area contributed by atoms with E-state index in [0.29, 0.717) is 35.9 Å². The minimum atomic E-state index is -0.350. The first kappa shape index (κ1) is 20.1. The summed E-state index contributed by atoms with van der Waals surface area (Å²) in [7, 11) is 3.10. The zero-order chi connectivity index (χ0) is 19.6. The van der Waals surface area contributed by atoms with Crippen LogP contribution in [0.15, 0.2) is 42.5 Å². The van der Waals surface area contributed by atoms with Gasteiger partial charge in [-0.15, -0.1) is 0 Å². The third-order valence-corrected chi connectivity index (χ3v) is 3.76. The van der Waals surface area contributed by atoms with E-state index in [1.807, 2.05) is 0 Å². The molecule has 0 unspecified atom stereocenters. The second-order valence-corrected chi connectivity index (χ2v) is 5.59. The highest BCUT2D eigenvalue weighted by Gasteiger charge is 2.09. The SMILES string of the molecule is CCOC(=O)c1ccc(NCCC(=O)Nc2ccc(OC)cc2OC)cc1. The minimum Gasteiger partial charge on any atom is -0.497 e. The summed E-state index contributed by atoms with van der Waals surface area (Å²) in [5.74, 6) is 0.689. The Morgan fingerprint density at radius 2 is 1.74 bits per heavy atom. The second kappa shape index (κ2) is 10.1. The van der Waals surface area contributed by atoms with Crippen molar-refractivity contribution in [2.24, 2.45) is 0 Å². The molecular weight excluding hydrogens is 348 g/mol. The fourth-order valence-electron chi connectivity index (χ4n) is 2.37. The third kappa shape index (κ3) is 5.91. The van der Waals surface area contributed by atoms with E-state index in [-0.39, 0.29) is 18.3 Å². The van der Waals surface area contributed by atoms with Gasteiger partial charge in [-0.25, -0.2) is 4.79 Å². The summed E-state index contributed by atoms with van der Waals surface area (Å²) < 4.78 is 15.3. The molecule has 2 aromatic carbocycles. The number of nitrogens with one attached hydrogen (secondary N) is 2. The quantitative estimate of drug-likeness (QED) is 0.657. The van der Waals surface area contributed by atoms with Crippen LogP contribution in [-0.4, -0.2) is 39.2 Å². The molecule has 0 saturated heterocycles. The number of amides is 1. The Bertz CT molecular complexity index is 774. The molecule has 0 heterocycles. The van der Waals surface area contributed by atoms with Gasteiger partial charge in [-0.3, -0.25) is 4.79 Å². The van der Waals surface area contributed by atoms with E-state index in [4.69, 9.17) is 14.2 Å². The van der Waals surface area contributed by atoms with Gasteiger partial charge in [0.05, 0.1) is 32.1 Å². The molecular formula is C20H24N2O5. The van der Waals surface area contributed by atoms with Crippen molar-refractivity contribution >= 4 is 23.3 Å². The minimum absolute atomic E-state index is 0.144. The molecule has 2 N–H and O–H groups in total. The van der Waals surface area contributed by atoms with Gasteiger partial charge >= 0.3 is 5.97 Å². The largest absolute Gasteiger partial charge is 0.497 e. The van der Waals surface area contributed by atoms with Gasteiger partial charge in [0.15, 0.2) is 0 Å². The van der Waals surface area contributed by atoms with Crippen LogP contribution >= 0.6 is 0 Å². The molecule has 0 aliphatic rings. The zero-order valence-corrected chi connectivity index (χ0v) is 15.7. The van der Waals surface area contributed by atoms with Gasteiger partial charge in [0.25, 0.3) is 0 Å². The maximum absolute atomic E-state index is 12.1. The van der Waals surface area contributed by atoms with Crippen LogP contribution in [-0.2, 0) is 9.53 Å². The Kier molecular flexibility index (Phi) is 7.49. The van der Waals surface area contributed by atoms with Crippen LogP contribution in [0.2, 0.25) is 0 Å². The molecule has 0 bridgehead atoms. The molecule has 1 amide bonds. The highest BCUT2D eigenvalue weighted by molar-refractivity contribution is 5.92. The van der Waals surface area contributed by atoms with Crippen LogP contribution in [0, 0.1) is 0 Å². The van der Waals surface area contributed by atoms with E-state index >= 15 is 0 Å². The fraction of sp³-hybridized carbons (Fsp3) is 0.300. The normalized spacial score (nSPS) is 10.0. The average Bonchev–Trinajstić information content (AvgIpc) is 2.69. The maximum atomic E-state index is 12.1. The Morgan fingerprint density at radius 1 is 1.00 bits per heavy atom. The van der Waals surface area contributed by atoms with E-state index in [1.165, 1.54) is 7.11 Å². The smallest absolute Gasteiger partial charge is 0.338 e. The Labute approximate surface area is 158 Å². The number of carbonyl (C=O) groups is 2. The number of hydrogen-bond acceptors (Lipinski definition) is 6. The van der Waals surface area contributed by atoms with Crippen molar-refractivity contribution in [1.82, 2.24) is 0 Å². The summed E-state index contributed by atoms with van der Waals surface area (Å²) in [5, 5.41) is 5.96. The van der Waals surface area contributed by atoms with E-state index in [2.05, 4.69) is 10.6 Å². The molecule has 0 aliphatic heterocycles. The topological polar surface area (TPSA) is 85.9 Å². The molecule has 0 aliphatic carbocycles. The first-order valence-corrected chi connectivity index (χ1v) is 8.60. The molecule has 0 radical (unpaired) electrons. The lowest BCUT2D eigenvalue weighted by molar-refractivity contribution is -0.116. The molecule has 0 atom stereocenters. The summed E-state index contributed by atoms with van der Waals surface area (Å²) in [6.07, 6.45) is 0.273. The summed E-state index contributed by atoms with van der Waals surface area (Å²) in [6, 6.07) is 12.1. The molecule has 7 heteroatoms. The lowest BCUT2D eigenvalue weighted by atomic mass is 10.2. The van der Waals surface area contributed by atoms with Gasteiger partial charge < -0.3 is 24.8 Å². The molecule has 0 aromatic heterocycles. The van der Waals surface area contributed by atoms with Crippen LogP contribution in [0.4, 0.5) is 11.4 Å². The fourth-order valence-corrected chi connectivity index (χ4v) is 2.37. The number of hydrogen-bond donors (Lipinski definition) is 2. The molecule has 0 saturated carbocycles. The van der Waals surface area contributed by atoms with Gasteiger partial charge in [0.2, 0.25) is 5.91 Å². The number of benzene rings is 2. The summed E-state index contributed by atoms with van der Waals surface area (Å²) in [4.78, 5) is 23.8. The first-order chi connectivity index (χ1) is 13.1. The summed E-state index contributed by atoms with van der Waals surface area (Å²) in [6.45, 7) is 2.55. The molecule has 0 fully saturated rings. The monoisotopic (exact) mass is 372 g/mol. The number of esters is 1. The van der Waals surface area contributed by atoms with Crippen molar-refractivity contribution in [3.63, 3.8) is 0 Å². The first-order valence-electron chi connectivity index (χ1n) is 8.60. The summed E-state index contributed by atoms with van der Waals surface area (Å²) >= 11 is 0. The zero-order valence-electron chi connectivity index (χ0n) is 15.7. The van der Waals surface area contributed by atoms with Gasteiger partial charge in [-0.05, 0) is 43.3 Å². The predicted octanol–water partition coefficient (Wildman–Crippen LogP) is 3.32. The van der Waals surface area contributed by atoms with Gasteiger partial charge in [-0.1, -0.05) is 0 Å². The summed E-state index contributed by atoms with van der Waals surface area (Å²) in [5.41, 5.74) is 1.90. The molecule has 2 rings (SSSR count). The van der Waals surface area contributed by atoms with E-state index in [9.17, 15) is 9.59 Å². The van der Waals surface area contributed by atoms with Crippen LogP contribution in [0.5, 0.6) is 11.5 Å². The Balaban J connectivity index is 1.83. The average molecular weight is 372 g/mol. The maximum Gasteiger partial charge on any atom is 0.338 e. The number of carbonyl (C=O) groups excluding carboxylic acids is 2. The number of anilines is 2. The molecule has 27 heavy (non-hydrogen) atoms. The van der Waals surface area contributed by atoms with Crippen molar-refractivity contribution in [3.05, 3.63) is 48.0 Å². The van der Waals surface area contributed by atoms with Crippen molar-refractivity contribution in [2.45, 2.75) is 13.3 Å². The van der Waals surface area contributed by atoms with Crippen LogP contribution < -0.4 is 20.1 Å². The predicted molar refractivity (Wildman–Crippen MR) is 104 cm³/mol. The Morgan fingerprint density at radius 3 is 2.37 bits per heavy atom. The van der Waals surface area contributed by atoms with Crippen molar-refractivity contribution in [2.75, 3.05) is 38.0 Å². The Hall–Kier alpha value is -3.22. The van der Waals surface area contributed by atoms with E-state index in [1.54, 1.807) is 56.5 Å². The van der Waals surface area contributed by atoms with Crippen LogP contribution in [0.1, 0.15) is 23.7 Å². The van der Waals surface area contributed by atoms with Crippen molar-refractivity contribution < 1.29 is 23.8 Å². The van der Waals surface area contributed by atoms with Crippen molar-refractivity contribution in [3.8, 4) is 11.5 Å². The van der Waals surface area contributed by atoms with Gasteiger partial charge in [0.1, 0.15) is 11.5 Å². The lowest BCUT2D eigenvalue weighted by Gasteiger charge is -2.12. The molecule has 144 valence electrons. The number of rotatable bonds is 9. The lowest BCUT2D eigenvalue weighted by Crippen LogP contribution is -2.16. The second-order valence-electron chi connectivity index (χ2n) is 5.59. The molecule has 0 spiro atoms. The third-order valence-electron chi connectivity index (χ3n) is 3.76. The number of methoxy groups -OCH3 is 2. The number of ether oxygens (including phenoxy) is 3. The molecule has 2 aromatic rings. The van der Waals surface area contributed by atoms with Crippen LogP contribution in [0.3, 0.4) is 0 Å². The van der Waals surface area contributed by atoms with E-state index in [0.717, 1.165) is 5.69 Å². The van der Waals surface area contributed by atoms with E-state index < -0.39 is 0 Å². The van der Waals surface area contributed by atoms with Gasteiger partial charge in [0, 0.05) is 24.7 Å². The van der Waals surface area contributed by atoms with Crippen molar-refractivity contribution in [1.29, 1.82) is 0 Å². The standard InChI is InChI=1S/C20H24N2O5/c1-4-27-20(24)14-5-7-15(8-6-14)21-12-11-19(23)22-17-10-9-16(25-2)13-18(17)26-3/h5-10,13,21H,4,11-12H2,1-3H3,(H,22,23). The highest BCUT2D eigenvalue weighted by atomic mass is 16.5. The highest BCUT2D eigenvalue weighted by Crippen LogP contribution is 2.29. The molecule has 7 nitrogen and oxygen atoms in total. The van der Waals surface area contributed by atoms with Crippen LogP contribution in [0.25, 0.3) is 0 Å².